The van der Waals surface area contributed by atoms with Gasteiger partial charge in [0.15, 0.2) is 5.89 Å². The number of carbonyl (C=O) groups is 1. The van der Waals surface area contributed by atoms with Crippen LogP contribution in [-0.4, -0.2) is 16.1 Å². The Morgan fingerprint density at radius 3 is 2.59 bits per heavy atom. The number of hydrogen-bond acceptors (Lipinski definition) is 3. The Bertz CT molecular complexity index is 428. The third-order valence-electron chi connectivity index (χ3n) is 3.79. The first-order valence-electron chi connectivity index (χ1n) is 6.47. The topological polar surface area (TPSA) is 63.3 Å². The van der Waals surface area contributed by atoms with Crippen LogP contribution in [0.25, 0.3) is 0 Å². The molecule has 1 N–H and O–H groups in total. The molecule has 4 heteroatoms. The van der Waals surface area contributed by atoms with Crippen LogP contribution in [0.1, 0.15) is 66.6 Å². The van der Waals surface area contributed by atoms with Crippen LogP contribution in [0.15, 0.2) is 4.42 Å². The Hall–Kier alpha value is -1.32. The summed E-state index contributed by atoms with van der Waals surface area (Å²) < 4.78 is 5.43. The summed E-state index contributed by atoms with van der Waals surface area (Å²) in [6, 6.07) is 0. The van der Waals surface area contributed by atoms with Crippen molar-refractivity contribution in [3.63, 3.8) is 0 Å². The maximum Gasteiger partial charge on any atom is 0.373 e. The van der Waals surface area contributed by atoms with E-state index in [1.807, 2.05) is 0 Å². The van der Waals surface area contributed by atoms with Crippen LogP contribution in [0.3, 0.4) is 0 Å². The minimum absolute atomic E-state index is 0.0838. The molecule has 92 valence electrons. The molecule has 2 fully saturated rings. The number of oxazole rings is 1. The van der Waals surface area contributed by atoms with Gasteiger partial charge in [-0.1, -0.05) is 12.8 Å². The number of hydrogen-bond donors (Lipinski definition) is 1. The normalized spacial score (nSPS) is 20.9. The Kier molecular flexibility index (Phi) is 2.65. The lowest BCUT2D eigenvalue weighted by molar-refractivity contribution is 0.0658. The van der Waals surface area contributed by atoms with Crippen molar-refractivity contribution in [1.29, 1.82) is 0 Å². The van der Waals surface area contributed by atoms with Crippen LogP contribution in [0, 0.1) is 5.92 Å². The standard InChI is InChI=1S/C13H17NO3/c15-13(16)12-11(9-5-6-9)14-10(17-12)7-8-3-1-2-4-8/h8-9H,1-7H2,(H,15,16). The van der Waals surface area contributed by atoms with E-state index in [4.69, 9.17) is 9.52 Å². The fraction of sp³-hybridized carbons (Fsp3) is 0.692. The maximum atomic E-state index is 11.1. The second-order valence-electron chi connectivity index (χ2n) is 5.26. The summed E-state index contributed by atoms with van der Waals surface area (Å²) in [6.07, 6.45) is 7.94. The summed E-state index contributed by atoms with van der Waals surface area (Å²) >= 11 is 0. The molecule has 4 nitrogen and oxygen atoms in total. The number of carboxylic acid groups (broad SMARTS) is 1. The van der Waals surface area contributed by atoms with E-state index in [1.54, 1.807) is 0 Å². The summed E-state index contributed by atoms with van der Waals surface area (Å²) in [7, 11) is 0. The number of aromatic carboxylic acids is 1. The van der Waals surface area contributed by atoms with Crippen molar-refractivity contribution >= 4 is 5.97 Å². The van der Waals surface area contributed by atoms with Crippen molar-refractivity contribution in [2.24, 2.45) is 5.92 Å². The first-order valence-corrected chi connectivity index (χ1v) is 6.47. The molecule has 2 aliphatic rings. The van der Waals surface area contributed by atoms with E-state index in [0.29, 0.717) is 23.4 Å². The highest BCUT2D eigenvalue weighted by Crippen LogP contribution is 2.41. The zero-order valence-electron chi connectivity index (χ0n) is 9.82. The van der Waals surface area contributed by atoms with Crippen molar-refractivity contribution in [2.45, 2.75) is 50.9 Å². The van der Waals surface area contributed by atoms with E-state index >= 15 is 0 Å². The maximum absolute atomic E-state index is 11.1. The van der Waals surface area contributed by atoms with Gasteiger partial charge in [-0.15, -0.1) is 0 Å². The van der Waals surface area contributed by atoms with Crippen LogP contribution >= 0.6 is 0 Å². The molecule has 0 atom stereocenters. The summed E-state index contributed by atoms with van der Waals surface area (Å²) in [5.41, 5.74) is 0.686. The molecule has 2 aliphatic carbocycles. The fourth-order valence-electron chi connectivity index (χ4n) is 2.71. The first kappa shape index (κ1) is 10.8. The largest absolute Gasteiger partial charge is 0.475 e. The highest BCUT2D eigenvalue weighted by atomic mass is 16.4. The number of aromatic nitrogens is 1. The molecule has 0 unspecified atom stereocenters. The number of carboxylic acids is 1. The molecule has 1 aromatic rings. The van der Waals surface area contributed by atoms with Gasteiger partial charge in [0.05, 0.1) is 5.69 Å². The van der Waals surface area contributed by atoms with E-state index in [-0.39, 0.29) is 5.76 Å². The lowest BCUT2D eigenvalue weighted by Gasteiger charge is -2.03. The molecule has 0 aromatic carbocycles. The van der Waals surface area contributed by atoms with E-state index in [2.05, 4.69) is 4.98 Å². The molecule has 2 saturated carbocycles. The zero-order chi connectivity index (χ0) is 11.8. The molecule has 17 heavy (non-hydrogen) atoms. The molecule has 1 aromatic heterocycles. The van der Waals surface area contributed by atoms with Gasteiger partial charge in [0, 0.05) is 12.3 Å². The predicted octanol–water partition coefficient (Wildman–Crippen LogP) is 2.98. The van der Waals surface area contributed by atoms with Gasteiger partial charge in [-0.3, -0.25) is 0 Å². The molecule has 1 heterocycles. The Morgan fingerprint density at radius 2 is 2.00 bits per heavy atom. The molecule has 0 radical (unpaired) electrons. The van der Waals surface area contributed by atoms with Gasteiger partial charge in [-0.2, -0.15) is 0 Å². The quantitative estimate of drug-likeness (QED) is 0.871. The second kappa shape index (κ2) is 4.17. The van der Waals surface area contributed by atoms with E-state index in [0.717, 1.165) is 19.3 Å². The molecular formula is C13H17NO3. The van der Waals surface area contributed by atoms with E-state index in [9.17, 15) is 4.79 Å². The third-order valence-corrected chi connectivity index (χ3v) is 3.79. The van der Waals surface area contributed by atoms with Gasteiger partial charge in [0.1, 0.15) is 0 Å². The van der Waals surface area contributed by atoms with Gasteiger partial charge in [0.2, 0.25) is 5.76 Å². The third kappa shape index (κ3) is 2.21. The SMILES string of the molecule is O=C(O)c1oc(CC2CCCC2)nc1C1CC1. The smallest absolute Gasteiger partial charge is 0.373 e. The first-order chi connectivity index (χ1) is 8.24. The number of rotatable bonds is 4. The minimum atomic E-state index is -0.975. The number of nitrogens with zero attached hydrogens (tertiary/aromatic N) is 1. The summed E-state index contributed by atoms with van der Waals surface area (Å²) in [5, 5.41) is 9.08. The van der Waals surface area contributed by atoms with Crippen molar-refractivity contribution in [2.75, 3.05) is 0 Å². The molecule has 0 bridgehead atoms. The molecular weight excluding hydrogens is 218 g/mol. The lowest BCUT2D eigenvalue weighted by atomic mass is 10.0. The minimum Gasteiger partial charge on any atom is -0.475 e. The van der Waals surface area contributed by atoms with Crippen molar-refractivity contribution in [3.05, 3.63) is 17.3 Å². The molecule has 0 spiro atoms. The van der Waals surface area contributed by atoms with Crippen molar-refractivity contribution in [1.82, 2.24) is 4.98 Å². The Balaban J connectivity index is 1.79. The average Bonchev–Trinajstić information content (AvgIpc) is 2.86. The van der Waals surface area contributed by atoms with Gasteiger partial charge in [0.25, 0.3) is 0 Å². The van der Waals surface area contributed by atoms with Crippen LogP contribution in [-0.2, 0) is 6.42 Å². The van der Waals surface area contributed by atoms with Crippen molar-refractivity contribution in [3.8, 4) is 0 Å². The summed E-state index contributed by atoms with van der Waals surface area (Å²) in [5.74, 6) is 0.721. The molecule has 3 rings (SSSR count). The second-order valence-corrected chi connectivity index (χ2v) is 5.26. The van der Waals surface area contributed by atoms with Crippen LogP contribution in [0.4, 0.5) is 0 Å². The van der Waals surface area contributed by atoms with Gasteiger partial charge >= 0.3 is 5.97 Å². The highest BCUT2D eigenvalue weighted by Gasteiger charge is 2.33. The van der Waals surface area contributed by atoms with Crippen molar-refractivity contribution < 1.29 is 14.3 Å². The van der Waals surface area contributed by atoms with Crippen LogP contribution < -0.4 is 0 Å². The lowest BCUT2D eigenvalue weighted by Crippen LogP contribution is -1.98. The van der Waals surface area contributed by atoms with Crippen LogP contribution in [0.5, 0.6) is 0 Å². The molecule has 0 amide bonds. The van der Waals surface area contributed by atoms with Gasteiger partial charge < -0.3 is 9.52 Å². The van der Waals surface area contributed by atoms with E-state index < -0.39 is 5.97 Å². The predicted molar refractivity (Wildman–Crippen MR) is 61.1 cm³/mol. The van der Waals surface area contributed by atoms with E-state index in [1.165, 1.54) is 25.7 Å². The monoisotopic (exact) mass is 235 g/mol. The average molecular weight is 235 g/mol. The van der Waals surface area contributed by atoms with Gasteiger partial charge in [-0.25, -0.2) is 9.78 Å². The summed E-state index contributed by atoms with van der Waals surface area (Å²) in [4.78, 5) is 15.5. The highest BCUT2D eigenvalue weighted by molar-refractivity contribution is 5.85. The Morgan fingerprint density at radius 1 is 1.29 bits per heavy atom. The molecule has 0 saturated heterocycles. The fourth-order valence-corrected chi connectivity index (χ4v) is 2.71. The zero-order valence-corrected chi connectivity index (χ0v) is 9.82. The molecule has 0 aliphatic heterocycles. The summed E-state index contributed by atoms with van der Waals surface area (Å²) in [6.45, 7) is 0. The van der Waals surface area contributed by atoms with Gasteiger partial charge in [-0.05, 0) is 31.6 Å². The van der Waals surface area contributed by atoms with Crippen LogP contribution in [0.2, 0.25) is 0 Å². The Labute approximate surface area is 100 Å².